The monoisotopic (exact) mass is 265 g/mol. The van der Waals surface area contributed by atoms with Crippen molar-refractivity contribution in [3.63, 3.8) is 0 Å². The van der Waals surface area contributed by atoms with E-state index in [1.54, 1.807) is 7.11 Å². The topological polar surface area (TPSA) is 50.7 Å². The van der Waals surface area contributed by atoms with E-state index < -0.39 is 0 Å². The average Bonchev–Trinajstić information content (AvgIpc) is 2.46. The lowest BCUT2D eigenvalue weighted by Crippen LogP contribution is -2.35. The van der Waals surface area contributed by atoms with Gasteiger partial charge in [-0.25, -0.2) is 0 Å². The molecule has 0 saturated heterocycles. The molecule has 0 aliphatic carbocycles. The summed E-state index contributed by atoms with van der Waals surface area (Å²) in [5.74, 6) is 1.79. The Morgan fingerprint density at radius 3 is 3.05 bits per heavy atom. The summed E-state index contributed by atoms with van der Waals surface area (Å²) in [4.78, 5) is 0. The summed E-state index contributed by atoms with van der Waals surface area (Å²) in [6, 6.07) is 6.54. The lowest BCUT2D eigenvalue weighted by Gasteiger charge is -2.30. The number of hydrogen-bond donors (Lipinski definition) is 2. The van der Waals surface area contributed by atoms with Crippen LogP contribution in [0.4, 0.5) is 0 Å². The van der Waals surface area contributed by atoms with Crippen molar-refractivity contribution in [2.45, 2.75) is 38.3 Å². The number of nitrogens with one attached hydrogen (secondary N) is 1. The van der Waals surface area contributed by atoms with Crippen molar-refractivity contribution in [2.75, 3.05) is 20.3 Å². The molecule has 106 valence electrons. The third-order valence-corrected chi connectivity index (χ3v) is 3.66. The molecule has 2 unspecified atom stereocenters. The molecule has 1 aromatic carbocycles. The van der Waals surface area contributed by atoms with E-state index in [-0.39, 0.29) is 12.6 Å². The molecule has 2 atom stereocenters. The number of fused-ring (bicyclic) bond motifs is 1. The van der Waals surface area contributed by atoms with Gasteiger partial charge in [-0.2, -0.15) is 0 Å². The molecule has 0 saturated carbocycles. The van der Waals surface area contributed by atoms with Crippen LogP contribution in [-0.4, -0.2) is 31.5 Å². The highest BCUT2D eigenvalue weighted by Gasteiger charge is 2.23. The molecular weight excluding hydrogens is 242 g/mol. The molecule has 1 heterocycles. The molecule has 19 heavy (non-hydrogen) atoms. The Kier molecular flexibility index (Phi) is 5.05. The minimum absolute atomic E-state index is 0.222. The minimum Gasteiger partial charge on any atom is -0.497 e. The molecule has 0 bridgehead atoms. The number of ether oxygens (including phenoxy) is 2. The van der Waals surface area contributed by atoms with Crippen molar-refractivity contribution >= 4 is 0 Å². The molecule has 2 N–H and O–H groups in total. The second-order valence-electron chi connectivity index (χ2n) is 4.88. The highest BCUT2D eigenvalue weighted by molar-refractivity contribution is 5.43. The maximum atomic E-state index is 9.09. The quantitative estimate of drug-likeness (QED) is 0.828. The summed E-state index contributed by atoms with van der Waals surface area (Å²) in [6.45, 7) is 3.09. The summed E-state index contributed by atoms with van der Waals surface area (Å²) in [7, 11) is 1.68. The van der Waals surface area contributed by atoms with Crippen molar-refractivity contribution in [1.29, 1.82) is 0 Å². The number of methoxy groups -OCH3 is 1. The minimum atomic E-state index is 0.222. The fourth-order valence-corrected chi connectivity index (χ4v) is 2.52. The predicted molar refractivity (Wildman–Crippen MR) is 74.8 cm³/mol. The summed E-state index contributed by atoms with van der Waals surface area (Å²) < 4.78 is 11.0. The zero-order valence-electron chi connectivity index (χ0n) is 11.7. The Hall–Kier alpha value is -1.26. The van der Waals surface area contributed by atoms with E-state index in [1.165, 1.54) is 0 Å². The van der Waals surface area contributed by atoms with Gasteiger partial charge in [-0.05, 0) is 31.0 Å². The molecular formula is C15H23NO3. The van der Waals surface area contributed by atoms with Crippen LogP contribution in [0.1, 0.15) is 37.8 Å². The summed E-state index contributed by atoms with van der Waals surface area (Å²) in [5.41, 5.74) is 1.15. The first kappa shape index (κ1) is 14.2. The molecule has 0 radical (unpaired) electrons. The van der Waals surface area contributed by atoms with E-state index in [9.17, 15) is 0 Å². The van der Waals surface area contributed by atoms with Gasteiger partial charge in [0.15, 0.2) is 0 Å². The Morgan fingerprint density at radius 1 is 1.53 bits per heavy atom. The highest BCUT2D eigenvalue weighted by Crippen LogP contribution is 2.35. The van der Waals surface area contributed by atoms with Crippen LogP contribution in [-0.2, 0) is 0 Å². The van der Waals surface area contributed by atoms with E-state index in [4.69, 9.17) is 14.6 Å². The standard InChI is InChI=1S/C15H23NO3/c1-3-11(6-8-17)16-14-7-9-19-15-5-4-12(18-2)10-13(14)15/h4-5,10-11,14,16-17H,3,6-9H2,1-2H3. The van der Waals surface area contributed by atoms with Gasteiger partial charge in [-0.3, -0.25) is 0 Å². The van der Waals surface area contributed by atoms with Crippen LogP contribution in [0.5, 0.6) is 11.5 Å². The largest absolute Gasteiger partial charge is 0.497 e. The molecule has 0 spiro atoms. The SMILES string of the molecule is CCC(CCO)NC1CCOc2ccc(OC)cc21. The summed E-state index contributed by atoms with van der Waals surface area (Å²) in [6.07, 6.45) is 2.74. The Bertz CT molecular complexity index is 408. The fourth-order valence-electron chi connectivity index (χ4n) is 2.52. The lowest BCUT2D eigenvalue weighted by molar-refractivity contribution is 0.222. The Balaban J connectivity index is 2.15. The van der Waals surface area contributed by atoms with Gasteiger partial charge in [-0.1, -0.05) is 6.92 Å². The predicted octanol–water partition coefficient (Wildman–Crippen LogP) is 2.27. The third kappa shape index (κ3) is 3.39. The van der Waals surface area contributed by atoms with Gasteiger partial charge >= 0.3 is 0 Å². The molecule has 0 amide bonds. The van der Waals surface area contributed by atoms with Gasteiger partial charge in [0.2, 0.25) is 0 Å². The normalized spacial score (nSPS) is 19.4. The number of hydrogen-bond acceptors (Lipinski definition) is 4. The lowest BCUT2D eigenvalue weighted by atomic mass is 9.98. The summed E-state index contributed by atoms with van der Waals surface area (Å²) in [5, 5.41) is 12.7. The smallest absolute Gasteiger partial charge is 0.124 e. The van der Waals surface area contributed by atoms with Crippen molar-refractivity contribution in [3.8, 4) is 11.5 Å². The van der Waals surface area contributed by atoms with Gasteiger partial charge in [0, 0.05) is 30.7 Å². The Labute approximate surface area is 114 Å². The van der Waals surface area contributed by atoms with Crippen LogP contribution < -0.4 is 14.8 Å². The Morgan fingerprint density at radius 2 is 2.37 bits per heavy atom. The molecule has 0 fully saturated rings. The zero-order valence-corrected chi connectivity index (χ0v) is 11.7. The first-order chi connectivity index (χ1) is 9.28. The third-order valence-electron chi connectivity index (χ3n) is 3.66. The molecule has 4 nitrogen and oxygen atoms in total. The van der Waals surface area contributed by atoms with E-state index >= 15 is 0 Å². The second-order valence-corrected chi connectivity index (χ2v) is 4.88. The van der Waals surface area contributed by atoms with Crippen molar-refractivity contribution in [3.05, 3.63) is 23.8 Å². The van der Waals surface area contributed by atoms with Gasteiger partial charge < -0.3 is 19.9 Å². The van der Waals surface area contributed by atoms with Gasteiger partial charge in [0.1, 0.15) is 11.5 Å². The van der Waals surface area contributed by atoms with Gasteiger partial charge in [0.25, 0.3) is 0 Å². The van der Waals surface area contributed by atoms with Crippen LogP contribution >= 0.6 is 0 Å². The second kappa shape index (κ2) is 6.78. The van der Waals surface area contributed by atoms with E-state index in [2.05, 4.69) is 12.2 Å². The molecule has 0 aromatic heterocycles. The maximum Gasteiger partial charge on any atom is 0.124 e. The molecule has 4 heteroatoms. The van der Waals surface area contributed by atoms with Crippen LogP contribution in [0.25, 0.3) is 0 Å². The zero-order chi connectivity index (χ0) is 13.7. The first-order valence-corrected chi connectivity index (χ1v) is 6.96. The summed E-state index contributed by atoms with van der Waals surface area (Å²) >= 11 is 0. The van der Waals surface area contributed by atoms with Crippen molar-refractivity contribution in [1.82, 2.24) is 5.32 Å². The average molecular weight is 265 g/mol. The van der Waals surface area contributed by atoms with E-state index in [1.807, 2.05) is 18.2 Å². The highest BCUT2D eigenvalue weighted by atomic mass is 16.5. The fraction of sp³-hybridized carbons (Fsp3) is 0.600. The number of aliphatic hydroxyl groups excluding tert-OH is 1. The molecule has 1 aliphatic rings. The van der Waals surface area contributed by atoms with Crippen LogP contribution in [0, 0.1) is 0 Å². The van der Waals surface area contributed by atoms with Crippen molar-refractivity contribution in [2.24, 2.45) is 0 Å². The van der Waals surface area contributed by atoms with E-state index in [0.29, 0.717) is 6.04 Å². The van der Waals surface area contributed by atoms with Crippen LogP contribution in [0.3, 0.4) is 0 Å². The van der Waals surface area contributed by atoms with Gasteiger partial charge in [0.05, 0.1) is 13.7 Å². The molecule has 2 rings (SSSR count). The molecule has 1 aliphatic heterocycles. The van der Waals surface area contributed by atoms with Crippen molar-refractivity contribution < 1.29 is 14.6 Å². The van der Waals surface area contributed by atoms with E-state index in [0.717, 1.165) is 42.9 Å². The molecule has 1 aromatic rings. The van der Waals surface area contributed by atoms with Gasteiger partial charge in [-0.15, -0.1) is 0 Å². The van der Waals surface area contributed by atoms with Crippen LogP contribution in [0.15, 0.2) is 18.2 Å². The number of rotatable bonds is 6. The number of aliphatic hydroxyl groups is 1. The maximum absolute atomic E-state index is 9.09. The number of benzene rings is 1. The first-order valence-electron chi connectivity index (χ1n) is 6.96. The van der Waals surface area contributed by atoms with Crippen LogP contribution in [0.2, 0.25) is 0 Å².